The molecule has 2 N–H and O–H groups in total. The van der Waals surface area contributed by atoms with Crippen molar-refractivity contribution in [3.05, 3.63) is 51.2 Å². The zero-order chi connectivity index (χ0) is 16.4. The van der Waals surface area contributed by atoms with E-state index in [0.29, 0.717) is 25.2 Å². The number of rotatable bonds is 4. The second-order valence-corrected chi connectivity index (χ2v) is 6.59. The van der Waals surface area contributed by atoms with Crippen LogP contribution >= 0.6 is 11.3 Å². The highest BCUT2D eigenvalue weighted by atomic mass is 32.1. The third-order valence-electron chi connectivity index (χ3n) is 4.00. The average Bonchev–Trinajstić information content (AvgIpc) is 3.14. The van der Waals surface area contributed by atoms with Gasteiger partial charge in [0.25, 0.3) is 5.91 Å². The summed E-state index contributed by atoms with van der Waals surface area (Å²) in [5.74, 6) is -0.126. The van der Waals surface area contributed by atoms with Crippen molar-refractivity contribution >= 4 is 29.0 Å². The number of urea groups is 1. The maximum absolute atomic E-state index is 12.4. The maximum atomic E-state index is 12.4. The highest BCUT2D eigenvalue weighted by Gasteiger charge is 2.23. The lowest BCUT2D eigenvalue weighted by Crippen LogP contribution is -2.29. The molecule has 1 aliphatic heterocycles. The van der Waals surface area contributed by atoms with Gasteiger partial charge in [-0.05, 0) is 48.6 Å². The highest BCUT2D eigenvalue weighted by Crippen LogP contribution is 2.23. The van der Waals surface area contributed by atoms with Gasteiger partial charge < -0.3 is 10.6 Å². The molecule has 0 bridgehead atoms. The van der Waals surface area contributed by atoms with Gasteiger partial charge in [-0.1, -0.05) is 6.07 Å². The van der Waals surface area contributed by atoms with Crippen molar-refractivity contribution in [3.63, 3.8) is 0 Å². The van der Waals surface area contributed by atoms with E-state index in [1.54, 1.807) is 28.4 Å². The van der Waals surface area contributed by atoms with Crippen molar-refractivity contribution in [1.29, 1.82) is 0 Å². The van der Waals surface area contributed by atoms with Crippen LogP contribution in [0.4, 0.5) is 10.5 Å². The molecule has 23 heavy (non-hydrogen) atoms. The molecular formula is C17H19N3O2S. The first-order valence-corrected chi connectivity index (χ1v) is 8.41. The first kappa shape index (κ1) is 15.6. The molecule has 0 spiro atoms. The van der Waals surface area contributed by atoms with Gasteiger partial charge in [-0.25, -0.2) is 4.79 Å². The molecule has 2 heterocycles. The van der Waals surface area contributed by atoms with Gasteiger partial charge >= 0.3 is 6.03 Å². The van der Waals surface area contributed by atoms with Gasteiger partial charge in [0.05, 0.1) is 6.54 Å². The second kappa shape index (κ2) is 6.42. The van der Waals surface area contributed by atoms with Gasteiger partial charge in [0.1, 0.15) is 0 Å². The zero-order valence-corrected chi connectivity index (χ0v) is 14.0. The summed E-state index contributed by atoms with van der Waals surface area (Å²) in [6.45, 7) is 5.76. The number of anilines is 1. The second-order valence-electron chi connectivity index (χ2n) is 5.59. The van der Waals surface area contributed by atoms with Gasteiger partial charge in [-0.3, -0.25) is 9.69 Å². The number of hydrogen-bond acceptors (Lipinski definition) is 3. The fraction of sp³-hybridized carbons (Fsp3) is 0.294. The number of carbonyl (C=O) groups is 2. The number of benzene rings is 1. The average molecular weight is 329 g/mol. The Morgan fingerprint density at radius 3 is 2.78 bits per heavy atom. The summed E-state index contributed by atoms with van der Waals surface area (Å²) in [7, 11) is 0. The third kappa shape index (κ3) is 3.22. The minimum Gasteiger partial charge on any atom is -0.347 e. The molecule has 1 aromatic heterocycles. The summed E-state index contributed by atoms with van der Waals surface area (Å²) in [6, 6.07) is 7.40. The Balaban J connectivity index is 1.76. The van der Waals surface area contributed by atoms with Gasteiger partial charge in [0.2, 0.25) is 0 Å². The van der Waals surface area contributed by atoms with Crippen LogP contribution < -0.4 is 15.5 Å². The molecule has 0 saturated carbocycles. The first-order valence-electron chi connectivity index (χ1n) is 7.53. The van der Waals surface area contributed by atoms with Gasteiger partial charge in [0.15, 0.2) is 0 Å². The lowest BCUT2D eigenvalue weighted by atomic mass is 10.1. The summed E-state index contributed by atoms with van der Waals surface area (Å²) in [4.78, 5) is 27.1. The van der Waals surface area contributed by atoms with Crippen molar-refractivity contribution in [3.8, 4) is 0 Å². The molecule has 1 saturated heterocycles. The summed E-state index contributed by atoms with van der Waals surface area (Å²) in [5, 5.41) is 7.75. The molecule has 2 aromatic rings. The van der Waals surface area contributed by atoms with Crippen molar-refractivity contribution in [2.45, 2.75) is 20.4 Å². The molecule has 1 aromatic carbocycles. The van der Waals surface area contributed by atoms with Crippen molar-refractivity contribution < 1.29 is 9.59 Å². The molecule has 0 unspecified atom stereocenters. The molecule has 0 radical (unpaired) electrons. The highest BCUT2D eigenvalue weighted by molar-refractivity contribution is 7.10. The standard InChI is InChI=1S/C17H19N3O2S/c1-11-3-4-13(9-14(11)20-7-6-18-17(20)22)16(21)19-10-15-12(2)5-8-23-15/h3-5,8-9H,6-7,10H2,1-2H3,(H,18,22)(H,19,21). The van der Waals surface area contributed by atoms with Crippen molar-refractivity contribution in [2.24, 2.45) is 0 Å². The van der Waals surface area contributed by atoms with Gasteiger partial charge in [-0.15, -0.1) is 11.3 Å². The minimum atomic E-state index is -0.126. The number of hydrogen-bond donors (Lipinski definition) is 2. The number of thiophene rings is 1. The molecule has 0 atom stereocenters. The molecule has 1 fully saturated rings. The molecular weight excluding hydrogens is 310 g/mol. The molecule has 120 valence electrons. The lowest BCUT2D eigenvalue weighted by Gasteiger charge is -2.18. The van der Waals surface area contributed by atoms with E-state index in [2.05, 4.69) is 10.6 Å². The number of aryl methyl sites for hydroxylation is 2. The van der Waals surface area contributed by atoms with E-state index in [4.69, 9.17) is 0 Å². The van der Waals surface area contributed by atoms with E-state index in [0.717, 1.165) is 16.1 Å². The van der Waals surface area contributed by atoms with E-state index in [-0.39, 0.29) is 11.9 Å². The molecule has 5 nitrogen and oxygen atoms in total. The van der Waals surface area contributed by atoms with Crippen LogP contribution in [-0.2, 0) is 6.54 Å². The first-order chi connectivity index (χ1) is 11.1. The summed E-state index contributed by atoms with van der Waals surface area (Å²) < 4.78 is 0. The van der Waals surface area contributed by atoms with Crippen molar-refractivity contribution in [1.82, 2.24) is 10.6 Å². The van der Waals surface area contributed by atoms with E-state index < -0.39 is 0 Å². The molecule has 0 aliphatic carbocycles. The number of amides is 3. The zero-order valence-electron chi connectivity index (χ0n) is 13.2. The van der Waals surface area contributed by atoms with Crippen LogP contribution in [0.1, 0.15) is 26.4 Å². The van der Waals surface area contributed by atoms with Crippen LogP contribution in [0.15, 0.2) is 29.6 Å². The van der Waals surface area contributed by atoms with Gasteiger partial charge in [0, 0.05) is 29.2 Å². The number of nitrogens with zero attached hydrogens (tertiary/aromatic N) is 1. The monoisotopic (exact) mass is 329 g/mol. The summed E-state index contributed by atoms with van der Waals surface area (Å²) in [5.41, 5.74) is 3.53. The fourth-order valence-corrected chi connectivity index (χ4v) is 3.44. The largest absolute Gasteiger partial charge is 0.347 e. The predicted octanol–water partition coefficient (Wildman–Crippen LogP) is 2.82. The van der Waals surface area contributed by atoms with Crippen LogP contribution in [0.3, 0.4) is 0 Å². The van der Waals surface area contributed by atoms with Crippen molar-refractivity contribution in [2.75, 3.05) is 18.0 Å². The molecule has 3 amide bonds. The predicted molar refractivity (Wildman–Crippen MR) is 92.1 cm³/mol. The Morgan fingerprint density at radius 2 is 2.13 bits per heavy atom. The fourth-order valence-electron chi connectivity index (χ4n) is 2.59. The maximum Gasteiger partial charge on any atom is 0.322 e. The smallest absolute Gasteiger partial charge is 0.322 e. The molecule has 6 heteroatoms. The molecule has 1 aliphatic rings. The Kier molecular flexibility index (Phi) is 4.34. The summed E-state index contributed by atoms with van der Waals surface area (Å²) >= 11 is 1.64. The van der Waals surface area contributed by atoms with E-state index in [1.807, 2.05) is 31.4 Å². The Morgan fingerprint density at radius 1 is 1.30 bits per heavy atom. The molecule has 3 rings (SSSR count). The quantitative estimate of drug-likeness (QED) is 0.906. The normalized spacial score (nSPS) is 14.0. The SMILES string of the molecule is Cc1ccc(C(=O)NCc2sccc2C)cc1N1CCNC1=O. The van der Waals surface area contributed by atoms with Gasteiger partial charge in [-0.2, -0.15) is 0 Å². The topological polar surface area (TPSA) is 61.4 Å². The van der Waals surface area contributed by atoms with Crippen LogP contribution in [0, 0.1) is 13.8 Å². The third-order valence-corrected chi connectivity index (χ3v) is 5.02. The van der Waals surface area contributed by atoms with E-state index in [9.17, 15) is 9.59 Å². The lowest BCUT2D eigenvalue weighted by molar-refractivity contribution is 0.0951. The van der Waals surface area contributed by atoms with Crippen LogP contribution in [-0.4, -0.2) is 25.0 Å². The number of nitrogens with one attached hydrogen (secondary N) is 2. The van der Waals surface area contributed by atoms with Crippen LogP contribution in [0.25, 0.3) is 0 Å². The Bertz CT molecular complexity index is 754. The Labute approximate surface area is 139 Å². The van der Waals surface area contributed by atoms with E-state index in [1.165, 1.54) is 5.56 Å². The van der Waals surface area contributed by atoms with E-state index >= 15 is 0 Å². The number of carbonyl (C=O) groups excluding carboxylic acids is 2. The Hall–Kier alpha value is -2.34. The minimum absolute atomic E-state index is 0.111. The van der Waals surface area contributed by atoms with Crippen LogP contribution in [0.5, 0.6) is 0 Å². The van der Waals surface area contributed by atoms with Crippen LogP contribution in [0.2, 0.25) is 0 Å². The summed E-state index contributed by atoms with van der Waals surface area (Å²) in [6.07, 6.45) is 0.